The van der Waals surface area contributed by atoms with Gasteiger partial charge in [0.05, 0.1) is 30.6 Å². The summed E-state index contributed by atoms with van der Waals surface area (Å²) in [5, 5.41) is 0. The van der Waals surface area contributed by atoms with E-state index in [0.29, 0.717) is 49.7 Å². The number of rotatable bonds is 7. The Morgan fingerprint density at radius 2 is 1.36 bits per heavy atom. The normalized spacial score (nSPS) is 28.5. The van der Waals surface area contributed by atoms with E-state index in [4.69, 9.17) is 14.2 Å². The minimum absolute atomic E-state index is 0.0524. The molecule has 0 aromatic heterocycles. The van der Waals surface area contributed by atoms with Crippen molar-refractivity contribution in [3.05, 3.63) is 28.8 Å². The summed E-state index contributed by atoms with van der Waals surface area (Å²) in [6.45, 7) is 17.2. The fourth-order valence-corrected chi connectivity index (χ4v) is 5.55. The molecule has 3 aliphatic rings. The lowest BCUT2D eigenvalue weighted by Gasteiger charge is -2.50. The highest BCUT2D eigenvalue weighted by Gasteiger charge is 2.50. The molecular weight excluding hydrogens is 372 g/mol. The van der Waals surface area contributed by atoms with Crippen molar-refractivity contribution < 1.29 is 18.4 Å². The molecular formula is C23H36O4S. The highest BCUT2D eigenvalue weighted by Crippen LogP contribution is 2.41. The van der Waals surface area contributed by atoms with Crippen molar-refractivity contribution in [3.8, 4) is 0 Å². The number of benzene rings is 1. The second-order valence-corrected chi connectivity index (χ2v) is 11.2. The summed E-state index contributed by atoms with van der Waals surface area (Å²) in [4.78, 5) is 1.00. The van der Waals surface area contributed by atoms with Gasteiger partial charge in [0.1, 0.15) is 0 Å². The summed E-state index contributed by atoms with van der Waals surface area (Å²) in [5.41, 5.74) is 3.67. The molecule has 2 bridgehead atoms. The van der Waals surface area contributed by atoms with E-state index in [1.54, 1.807) is 0 Å². The molecule has 0 amide bonds. The van der Waals surface area contributed by atoms with Crippen LogP contribution in [0.25, 0.3) is 0 Å². The van der Waals surface area contributed by atoms with Gasteiger partial charge in [-0.15, -0.1) is 0 Å². The van der Waals surface area contributed by atoms with Gasteiger partial charge in [-0.05, 0) is 34.4 Å². The van der Waals surface area contributed by atoms with Crippen LogP contribution in [0.3, 0.4) is 0 Å². The van der Waals surface area contributed by atoms with Gasteiger partial charge >= 0.3 is 0 Å². The van der Waals surface area contributed by atoms with Crippen LogP contribution in [0.4, 0.5) is 0 Å². The van der Waals surface area contributed by atoms with Crippen LogP contribution in [-0.2, 0) is 25.0 Å². The van der Waals surface area contributed by atoms with Crippen molar-refractivity contribution >= 4 is 10.8 Å². The predicted octanol–water partition coefficient (Wildman–Crippen LogP) is 5.29. The summed E-state index contributed by atoms with van der Waals surface area (Å²) < 4.78 is 31.1. The van der Waals surface area contributed by atoms with Crippen LogP contribution >= 0.6 is 0 Å². The number of hydrogen-bond acceptors (Lipinski definition) is 4. The zero-order valence-electron chi connectivity index (χ0n) is 18.5. The highest BCUT2D eigenvalue weighted by molar-refractivity contribution is 7.85. The van der Waals surface area contributed by atoms with Gasteiger partial charge in [-0.1, -0.05) is 60.6 Å². The molecule has 1 unspecified atom stereocenters. The Morgan fingerprint density at radius 3 is 1.75 bits per heavy atom. The van der Waals surface area contributed by atoms with E-state index in [0.717, 1.165) is 4.90 Å². The molecule has 3 saturated heterocycles. The van der Waals surface area contributed by atoms with Gasteiger partial charge in [-0.3, -0.25) is 4.21 Å². The molecule has 3 heterocycles. The third kappa shape index (κ3) is 4.38. The maximum atomic E-state index is 13.5. The molecule has 0 aliphatic carbocycles. The zero-order chi connectivity index (χ0) is 20.7. The molecule has 1 aromatic rings. The van der Waals surface area contributed by atoms with Crippen molar-refractivity contribution in [1.29, 1.82) is 0 Å². The van der Waals surface area contributed by atoms with Crippen molar-refractivity contribution in [2.75, 3.05) is 25.6 Å². The third-order valence-corrected chi connectivity index (χ3v) is 7.32. The van der Waals surface area contributed by atoms with Gasteiger partial charge in [-0.2, -0.15) is 0 Å². The first-order valence-corrected chi connectivity index (χ1v) is 11.9. The van der Waals surface area contributed by atoms with Crippen LogP contribution in [0.2, 0.25) is 0 Å². The fourth-order valence-electron chi connectivity index (χ4n) is 3.79. The summed E-state index contributed by atoms with van der Waals surface area (Å²) in [6.07, 6.45) is 0.483. The van der Waals surface area contributed by atoms with E-state index in [-0.39, 0.29) is 5.41 Å². The Hall–Kier alpha value is -0.750. The first kappa shape index (κ1) is 21.9. The largest absolute Gasteiger partial charge is 0.327 e. The Labute approximate surface area is 172 Å². The summed E-state index contributed by atoms with van der Waals surface area (Å²) >= 11 is 0. The molecule has 0 saturated carbocycles. The number of hydrogen-bond donors (Lipinski definition) is 0. The fraction of sp³-hybridized carbons (Fsp3) is 0.739. The quantitative estimate of drug-likeness (QED) is 0.615. The smallest absolute Gasteiger partial charge is 0.283 e. The van der Waals surface area contributed by atoms with Gasteiger partial charge in [-0.25, -0.2) is 0 Å². The Kier molecular flexibility index (Phi) is 6.41. The summed E-state index contributed by atoms with van der Waals surface area (Å²) in [7, 11) is -1.13. The van der Waals surface area contributed by atoms with Crippen LogP contribution in [0.15, 0.2) is 17.0 Å². The average Bonchev–Trinajstić information content (AvgIpc) is 2.66. The summed E-state index contributed by atoms with van der Waals surface area (Å²) in [6, 6.07) is 4.51. The molecule has 5 heteroatoms. The maximum Gasteiger partial charge on any atom is 0.283 e. The van der Waals surface area contributed by atoms with E-state index in [1.165, 1.54) is 16.7 Å². The molecule has 3 aliphatic heterocycles. The van der Waals surface area contributed by atoms with Crippen molar-refractivity contribution in [3.63, 3.8) is 0 Å². The Morgan fingerprint density at radius 1 is 0.893 bits per heavy atom. The van der Waals surface area contributed by atoms with Gasteiger partial charge in [0.2, 0.25) is 0 Å². The average molecular weight is 409 g/mol. The van der Waals surface area contributed by atoms with Crippen LogP contribution in [0, 0.1) is 5.41 Å². The molecule has 0 radical (unpaired) electrons. The van der Waals surface area contributed by atoms with E-state index < -0.39 is 16.8 Å². The van der Waals surface area contributed by atoms with Crippen LogP contribution in [-0.4, -0.2) is 35.8 Å². The molecule has 28 heavy (non-hydrogen) atoms. The van der Waals surface area contributed by atoms with Crippen molar-refractivity contribution in [2.24, 2.45) is 5.41 Å². The standard InChI is InChI=1S/C23H36O4S/c1-15(2)18-10-19(16(3)4)21(20(11-18)17(5)6)28(24)9-8-23-25-12-22(7,13-26-23)14-27-23/h10-11,15-17H,8-9,12-14H2,1-7H3. The monoisotopic (exact) mass is 408 g/mol. The van der Waals surface area contributed by atoms with Gasteiger partial charge in [0.15, 0.2) is 0 Å². The minimum atomic E-state index is -1.13. The Bertz CT molecular complexity index is 685. The second kappa shape index (κ2) is 8.17. The molecule has 1 atom stereocenters. The van der Waals surface area contributed by atoms with Gasteiger partial charge < -0.3 is 14.2 Å². The lowest BCUT2D eigenvalue weighted by molar-refractivity contribution is -0.465. The molecule has 3 fully saturated rings. The van der Waals surface area contributed by atoms with Crippen LogP contribution in [0.1, 0.15) is 89.3 Å². The van der Waals surface area contributed by atoms with Gasteiger partial charge in [0, 0.05) is 22.5 Å². The second-order valence-electron chi connectivity index (χ2n) is 9.65. The van der Waals surface area contributed by atoms with E-state index >= 15 is 0 Å². The molecule has 1 aromatic carbocycles. The Balaban J connectivity index is 1.86. The SMILES string of the molecule is CC(C)c1cc(C(C)C)c(S(=O)CCC23OCC(C)(CO2)CO3)c(C(C)C)c1. The zero-order valence-corrected chi connectivity index (χ0v) is 19.3. The molecule has 4 nitrogen and oxygen atoms in total. The lowest BCUT2D eigenvalue weighted by Crippen LogP contribution is -2.59. The lowest BCUT2D eigenvalue weighted by atomic mass is 9.89. The molecule has 0 spiro atoms. The van der Waals surface area contributed by atoms with E-state index in [9.17, 15) is 4.21 Å². The molecule has 4 rings (SSSR count). The topological polar surface area (TPSA) is 44.8 Å². The number of fused-ring (bicyclic) bond motifs is 3. The van der Waals surface area contributed by atoms with E-state index in [1.807, 2.05) is 0 Å². The minimum Gasteiger partial charge on any atom is -0.327 e. The van der Waals surface area contributed by atoms with Crippen molar-refractivity contribution in [2.45, 2.75) is 83.5 Å². The van der Waals surface area contributed by atoms with Crippen molar-refractivity contribution in [1.82, 2.24) is 0 Å². The van der Waals surface area contributed by atoms with Crippen LogP contribution in [0.5, 0.6) is 0 Å². The first-order valence-electron chi connectivity index (χ1n) is 10.5. The molecule has 0 N–H and O–H groups in total. The molecule has 158 valence electrons. The van der Waals surface area contributed by atoms with E-state index in [2.05, 4.69) is 60.6 Å². The highest BCUT2D eigenvalue weighted by atomic mass is 32.2. The maximum absolute atomic E-state index is 13.5. The van der Waals surface area contributed by atoms with Gasteiger partial charge in [0.25, 0.3) is 5.97 Å². The third-order valence-electron chi connectivity index (χ3n) is 5.82. The number of ether oxygens (including phenoxy) is 3. The van der Waals surface area contributed by atoms with Crippen LogP contribution < -0.4 is 0 Å². The summed E-state index contributed by atoms with van der Waals surface area (Å²) in [5.74, 6) is 0.549. The predicted molar refractivity (Wildman–Crippen MR) is 113 cm³/mol. The first-order chi connectivity index (χ1) is 13.1.